The number of aliphatic hydroxyl groups is 3. The zero-order valence-electron chi connectivity index (χ0n) is 11.3. The van der Waals surface area contributed by atoms with Gasteiger partial charge >= 0.3 is 0 Å². The van der Waals surface area contributed by atoms with Gasteiger partial charge in [-0.25, -0.2) is 0 Å². The summed E-state index contributed by atoms with van der Waals surface area (Å²) in [5.74, 6) is 0. The third-order valence-electron chi connectivity index (χ3n) is 3.29. The topological polar surface area (TPSA) is 88.4 Å². The molecule has 6 nitrogen and oxygen atoms in total. The maximum absolute atomic E-state index is 9.85. The van der Waals surface area contributed by atoms with Crippen LogP contribution < -0.4 is 0 Å². The molecule has 0 bridgehead atoms. The average Bonchev–Trinajstić information content (AvgIpc) is 2.48. The van der Waals surface area contributed by atoms with Gasteiger partial charge in [-0.3, -0.25) is 0 Å². The van der Waals surface area contributed by atoms with Crippen molar-refractivity contribution in [3.63, 3.8) is 0 Å². The van der Waals surface area contributed by atoms with Crippen LogP contribution >= 0.6 is 0 Å². The SMILES string of the molecule is CO[C@@H]1O[C@H](COCc2ccccc2)[C@@H](O)[C@H](O)[C@H]1O. The minimum Gasteiger partial charge on any atom is -0.387 e. The Labute approximate surface area is 117 Å². The summed E-state index contributed by atoms with van der Waals surface area (Å²) in [5.41, 5.74) is 1.00. The Bertz CT molecular complexity index is 396. The Balaban J connectivity index is 1.85. The van der Waals surface area contributed by atoms with Gasteiger partial charge in [-0.05, 0) is 5.56 Å². The zero-order chi connectivity index (χ0) is 14.5. The number of rotatable bonds is 5. The van der Waals surface area contributed by atoms with Gasteiger partial charge in [0.25, 0.3) is 0 Å². The Hall–Kier alpha value is -1.02. The predicted molar refractivity (Wildman–Crippen MR) is 69.8 cm³/mol. The molecular weight excluding hydrogens is 264 g/mol. The molecule has 0 spiro atoms. The summed E-state index contributed by atoms with van der Waals surface area (Å²) < 4.78 is 15.8. The summed E-state index contributed by atoms with van der Waals surface area (Å²) in [7, 11) is 1.36. The Kier molecular flexibility index (Phi) is 5.47. The quantitative estimate of drug-likeness (QED) is 0.685. The second-order valence-corrected chi connectivity index (χ2v) is 4.75. The van der Waals surface area contributed by atoms with E-state index in [-0.39, 0.29) is 6.61 Å². The van der Waals surface area contributed by atoms with E-state index in [1.54, 1.807) is 0 Å². The molecule has 112 valence electrons. The number of aliphatic hydroxyl groups excluding tert-OH is 3. The minimum atomic E-state index is -1.32. The smallest absolute Gasteiger partial charge is 0.186 e. The van der Waals surface area contributed by atoms with E-state index in [1.807, 2.05) is 30.3 Å². The lowest BCUT2D eigenvalue weighted by Crippen LogP contribution is -2.59. The molecular formula is C14H20O6. The fourth-order valence-corrected chi connectivity index (χ4v) is 2.12. The van der Waals surface area contributed by atoms with Crippen molar-refractivity contribution in [2.75, 3.05) is 13.7 Å². The van der Waals surface area contributed by atoms with Crippen LogP contribution in [0.2, 0.25) is 0 Å². The summed E-state index contributed by atoms with van der Waals surface area (Å²) in [6.45, 7) is 0.476. The van der Waals surface area contributed by atoms with Crippen LogP contribution in [0.15, 0.2) is 30.3 Å². The van der Waals surface area contributed by atoms with Gasteiger partial charge in [0, 0.05) is 7.11 Å². The first-order valence-corrected chi connectivity index (χ1v) is 6.47. The van der Waals surface area contributed by atoms with Gasteiger partial charge in [0.1, 0.15) is 24.4 Å². The van der Waals surface area contributed by atoms with Crippen molar-refractivity contribution in [2.24, 2.45) is 0 Å². The van der Waals surface area contributed by atoms with Gasteiger partial charge in [-0.15, -0.1) is 0 Å². The zero-order valence-corrected chi connectivity index (χ0v) is 11.3. The van der Waals surface area contributed by atoms with Crippen molar-refractivity contribution >= 4 is 0 Å². The van der Waals surface area contributed by atoms with E-state index in [0.717, 1.165) is 5.56 Å². The first kappa shape index (κ1) is 15.4. The van der Waals surface area contributed by atoms with Crippen molar-refractivity contribution < 1.29 is 29.5 Å². The van der Waals surface area contributed by atoms with E-state index in [9.17, 15) is 15.3 Å². The van der Waals surface area contributed by atoms with E-state index >= 15 is 0 Å². The second-order valence-electron chi connectivity index (χ2n) is 4.75. The Morgan fingerprint density at radius 2 is 1.75 bits per heavy atom. The highest BCUT2D eigenvalue weighted by Crippen LogP contribution is 2.22. The molecule has 0 saturated carbocycles. The molecule has 1 aromatic rings. The molecule has 3 N–H and O–H groups in total. The number of methoxy groups -OCH3 is 1. The largest absolute Gasteiger partial charge is 0.387 e. The third-order valence-corrected chi connectivity index (χ3v) is 3.29. The molecule has 0 radical (unpaired) electrons. The number of ether oxygens (including phenoxy) is 3. The summed E-state index contributed by atoms with van der Waals surface area (Å²) in [4.78, 5) is 0. The normalized spacial score (nSPS) is 34.1. The van der Waals surface area contributed by atoms with Crippen LogP contribution in [0, 0.1) is 0 Å². The van der Waals surface area contributed by atoms with E-state index in [1.165, 1.54) is 7.11 Å². The van der Waals surface area contributed by atoms with Crippen molar-refractivity contribution in [1.82, 2.24) is 0 Å². The van der Waals surface area contributed by atoms with Gasteiger partial charge in [0.2, 0.25) is 0 Å². The standard InChI is InChI=1S/C14H20O6/c1-18-14-13(17)12(16)11(15)10(20-14)8-19-7-9-5-3-2-4-6-9/h2-6,10-17H,7-8H2,1H3/t10-,11-,12+,13-,14-/m1/s1. The lowest BCUT2D eigenvalue weighted by molar-refractivity contribution is -0.296. The monoisotopic (exact) mass is 284 g/mol. The molecule has 2 rings (SSSR count). The summed E-state index contributed by atoms with van der Waals surface area (Å²) in [5, 5.41) is 29.2. The molecule has 1 fully saturated rings. The number of hydrogen-bond donors (Lipinski definition) is 3. The molecule has 6 heteroatoms. The molecule has 1 saturated heterocycles. The molecule has 1 aromatic carbocycles. The van der Waals surface area contributed by atoms with E-state index in [0.29, 0.717) is 6.61 Å². The Morgan fingerprint density at radius 1 is 1.05 bits per heavy atom. The van der Waals surface area contributed by atoms with E-state index in [4.69, 9.17) is 14.2 Å². The highest BCUT2D eigenvalue weighted by Gasteiger charge is 2.43. The van der Waals surface area contributed by atoms with Gasteiger partial charge in [0.15, 0.2) is 6.29 Å². The number of benzene rings is 1. The third kappa shape index (κ3) is 3.54. The minimum absolute atomic E-state index is 0.0969. The molecule has 0 aliphatic carbocycles. The molecule has 1 aliphatic rings. The van der Waals surface area contributed by atoms with Crippen LogP contribution in [-0.2, 0) is 20.8 Å². The molecule has 0 unspecified atom stereocenters. The summed E-state index contributed by atoms with van der Waals surface area (Å²) in [6, 6.07) is 9.58. The highest BCUT2D eigenvalue weighted by atomic mass is 16.7. The maximum atomic E-state index is 9.85. The van der Waals surface area contributed by atoms with Crippen molar-refractivity contribution in [3.05, 3.63) is 35.9 Å². The van der Waals surface area contributed by atoms with Crippen LogP contribution in [0.4, 0.5) is 0 Å². The van der Waals surface area contributed by atoms with Crippen LogP contribution in [0.1, 0.15) is 5.56 Å². The van der Waals surface area contributed by atoms with Gasteiger partial charge in [-0.1, -0.05) is 30.3 Å². The average molecular weight is 284 g/mol. The van der Waals surface area contributed by atoms with Gasteiger partial charge in [0.05, 0.1) is 13.2 Å². The van der Waals surface area contributed by atoms with Crippen LogP contribution in [0.3, 0.4) is 0 Å². The second kappa shape index (κ2) is 7.12. The number of hydrogen-bond acceptors (Lipinski definition) is 6. The maximum Gasteiger partial charge on any atom is 0.186 e. The molecule has 1 aliphatic heterocycles. The molecule has 0 aromatic heterocycles. The Morgan fingerprint density at radius 3 is 2.40 bits per heavy atom. The predicted octanol–water partition coefficient (Wildman–Crippen LogP) is -0.343. The van der Waals surface area contributed by atoms with Gasteiger partial charge < -0.3 is 29.5 Å². The molecule has 5 atom stereocenters. The molecule has 0 amide bonds. The van der Waals surface area contributed by atoms with E-state index in [2.05, 4.69) is 0 Å². The van der Waals surface area contributed by atoms with Crippen LogP contribution in [0.5, 0.6) is 0 Å². The van der Waals surface area contributed by atoms with Crippen molar-refractivity contribution in [3.8, 4) is 0 Å². The first-order chi connectivity index (χ1) is 9.63. The fourth-order valence-electron chi connectivity index (χ4n) is 2.12. The summed E-state index contributed by atoms with van der Waals surface area (Å²) in [6.07, 6.45) is -5.53. The lowest BCUT2D eigenvalue weighted by atomic mass is 9.99. The van der Waals surface area contributed by atoms with Crippen LogP contribution in [-0.4, -0.2) is 59.7 Å². The summed E-state index contributed by atoms with van der Waals surface area (Å²) >= 11 is 0. The first-order valence-electron chi connectivity index (χ1n) is 6.47. The lowest BCUT2D eigenvalue weighted by Gasteiger charge is -2.39. The molecule has 20 heavy (non-hydrogen) atoms. The van der Waals surface area contributed by atoms with Gasteiger partial charge in [-0.2, -0.15) is 0 Å². The van der Waals surface area contributed by atoms with E-state index < -0.39 is 30.7 Å². The van der Waals surface area contributed by atoms with Crippen molar-refractivity contribution in [1.29, 1.82) is 0 Å². The van der Waals surface area contributed by atoms with Crippen LogP contribution in [0.25, 0.3) is 0 Å². The highest BCUT2D eigenvalue weighted by molar-refractivity contribution is 5.13. The fraction of sp³-hybridized carbons (Fsp3) is 0.571. The van der Waals surface area contributed by atoms with Crippen molar-refractivity contribution in [2.45, 2.75) is 37.3 Å². The molecule has 1 heterocycles.